The second-order valence-electron chi connectivity index (χ2n) is 5.62. The van der Waals surface area contributed by atoms with E-state index in [2.05, 4.69) is 39.5 Å². The molecule has 1 N–H and O–H groups in total. The van der Waals surface area contributed by atoms with Crippen molar-refractivity contribution in [2.24, 2.45) is 4.99 Å². The van der Waals surface area contributed by atoms with E-state index < -0.39 is 0 Å². The molecule has 3 rings (SSSR count). The van der Waals surface area contributed by atoms with Crippen LogP contribution in [-0.4, -0.2) is 32.6 Å². The Bertz CT molecular complexity index is 753. The van der Waals surface area contributed by atoms with Gasteiger partial charge in [0.15, 0.2) is 5.96 Å². The molecule has 5 nitrogen and oxygen atoms in total. The molecular weight excluding hydrogens is 302 g/mol. The molecule has 0 bridgehead atoms. The van der Waals surface area contributed by atoms with Crippen LogP contribution in [0.15, 0.2) is 53.5 Å². The Morgan fingerprint density at radius 2 is 1.96 bits per heavy atom. The van der Waals surface area contributed by atoms with E-state index in [9.17, 15) is 4.79 Å². The van der Waals surface area contributed by atoms with Gasteiger partial charge in [0, 0.05) is 25.8 Å². The van der Waals surface area contributed by atoms with Crippen LogP contribution >= 0.6 is 0 Å². The molecule has 24 heavy (non-hydrogen) atoms. The van der Waals surface area contributed by atoms with Gasteiger partial charge in [0.05, 0.1) is 12.7 Å². The van der Waals surface area contributed by atoms with E-state index in [1.165, 1.54) is 18.4 Å². The topological polar surface area (TPSA) is 53.9 Å². The number of fused-ring (bicyclic) bond motifs is 1. The van der Waals surface area contributed by atoms with Crippen LogP contribution in [0.1, 0.15) is 21.5 Å². The summed E-state index contributed by atoms with van der Waals surface area (Å²) in [5.41, 5.74) is 4.20. The fourth-order valence-electron chi connectivity index (χ4n) is 2.91. The molecule has 2 aromatic carbocycles. The third-order valence-electron chi connectivity index (χ3n) is 4.18. The standard InChI is InChI=1S/C19H21N3O2/c1-20-19(22-12-11-15-5-3-4-6-17(15)22)21-13-14-7-9-16(10-8-14)18(23)24-2/h3-10H,11-13H2,1-2H3,(H,20,21). The van der Waals surface area contributed by atoms with Crippen molar-refractivity contribution >= 4 is 17.6 Å². The number of carbonyl (C=O) groups is 1. The number of aliphatic imine (C=N–C) groups is 1. The van der Waals surface area contributed by atoms with E-state index in [1.807, 2.05) is 12.1 Å². The van der Waals surface area contributed by atoms with Crippen molar-refractivity contribution < 1.29 is 9.53 Å². The Labute approximate surface area is 142 Å². The molecule has 1 heterocycles. The van der Waals surface area contributed by atoms with Crippen LogP contribution in [0, 0.1) is 0 Å². The summed E-state index contributed by atoms with van der Waals surface area (Å²) >= 11 is 0. The van der Waals surface area contributed by atoms with Gasteiger partial charge in [-0.05, 0) is 35.7 Å². The number of methoxy groups -OCH3 is 1. The zero-order valence-corrected chi connectivity index (χ0v) is 14.0. The maximum Gasteiger partial charge on any atom is 0.337 e. The van der Waals surface area contributed by atoms with E-state index in [4.69, 9.17) is 4.74 Å². The Balaban J connectivity index is 1.66. The summed E-state index contributed by atoms with van der Waals surface area (Å²) in [7, 11) is 3.18. The van der Waals surface area contributed by atoms with E-state index in [0.29, 0.717) is 12.1 Å². The maximum absolute atomic E-state index is 11.5. The van der Waals surface area contributed by atoms with Gasteiger partial charge in [-0.2, -0.15) is 0 Å². The minimum Gasteiger partial charge on any atom is -0.465 e. The van der Waals surface area contributed by atoms with Gasteiger partial charge in [0.2, 0.25) is 0 Å². The average molecular weight is 323 g/mol. The number of hydrogen-bond donors (Lipinski definition) is 1. The van der Waals surface area contributed by atoms with Gasteiger partial charge in [0.25, 0.3) is 0 Å². The number of esters is 1. The Kier molecular flexibility index (Phi) is 4.79. The predicted molar refractivity (Wildman–Crippen MR) is 95.5 cm³/mol. The monoisotopic (exact) mass is 323 g/mol. The van der Waals surface area contributed by atoms with Crippen LogP contribution < -0.4 is 10.2 Å². The molecule has 0 fully saturated rings. The van der Waals surface area contributed by atoms with Crippen LogP contribution in [0.4, 0.5) is 5.69 Å². The molecule has 0 amide bonds. The second kappa shape index (κ2) is 7.17. The first kappa shape index (κ1) is 16.1. The smallest absolute Gasteiger partial charge is 0.337 e. The SMILES string of the molecule is CN=C(NCc1ccc(C(=O)OC)cc1)N1CCc2ccccc21. The van der Waals surface area contributed by atoms with Crippen molar-refractivity contribution in [3.63, 3.8) is 0 Å². The molecule has 0 aliphatic carbocycles. The van der Waals surface area contributed by atoms with Gasteiger partial charge < -0.3 is 15.0 Å². The van der Waals surface area contributed by atoms with Crippen LogP contribution in [-0.2, 0) is 17.7 Å². The quantitative estimate of drug-likeness (QED) is 0.536. The first-order valence-corrected chi connectivity index (χ1v) is 7.96. The van der Waals surface area contributed by atoms with Gasteiger partial charge in [-0.1, -0.05) is 30.3 Å². The lowest BCUT2D eigenvalue weighted by Crippen LogP contribution is -2.40. The lowest BCUT2D eigenvalue weighted by Gasteiger charge is -2.22. The zero-order chi connectivity index (χ0) is 16.9. The molecule has 0 spiro atoms. The third kappa shape index (κ3) is 3.25. The number of ether oxygens (including phenoxy) is 1. The van der Waals surface area contributed by atoms with Crippen molar-refractivity contribution in [2.45, 2.75) is 13.0 Å². The van der Waals surface area contributed by atoms with Gasteiger partial charge in [-0.3, -0.25) is 4.99 Å². The van der Waals surface area contributed by atoms with Crippen molar-refractivity contribution in [1.29, 1.82) is 0 Å². The Morgan fingerprint density at radius 3 is 2.67 bits per heavy atom. The first-order chi connectivity index (χ1) is 11.7. The highest BCUT2D eigenvalue weighted by molar-refractivity contribution is 5.97. The average Bonchev–Trinajstić information content (AvgIpc) is 3.06. The summed E-state index contributed by atoms with van der Waals surface area (Å²) in [6, 6.07) is 15.8. The van der Waals surface area contributed by atoms with Gasteiger partial charge >= 0.3 is 5.97 Å². The summed E-state index contributed by atoms with van der Waals surface area (Å²) in [4.78, 5) is 18.1. The lowest BCUT2D eigenvalue weighted by atomic mass is 10.1. The van der Waals surface area contributed by atoms with Gasteiger partial charge in [-0.15, -0.1) is 0 Å². The summed E-state index contributed by atoms with van der Waals surface area (Å²) in [5, 5.41) is 3.39. The molecule has 0 unspecified atom stereocenters. The highest BCUT2D eigenvalue weighted by Gasteiger charge is 2.22. The lowest BCUT2D eigenvalue weighted by molar-refractivity contribution is 0.0600. The Morgan fingerprint density at radius 1 is 1.21 bits per heavy atom. The largest absolute Gasteiger partial charge is 0.465 e. The number of para-hydroxylation sites is 1. The van der Waals surface area contributed by atoms with Gasteiger partial charge in [0.1, 0.15) is 0 Å². The Hall–Kier alpha value is -2.82. The van der Waals surface area contributed by atoms with E-state index in [1.54, 1.807) is 19.2 Å². The van der Waals surface area contributed by atoms with Crippen molar-refractivity contribution in [3.05, 3.63) is 65.2 Å². The van der Waals surface area contributed by atoms with E-state index >= 15 is 0 Å². The van der Waals surface area contributed by atoms with Crippen molar-refractivity contribution in [1.82, 2.24) is 5.32 Å². The number of nitrogens with one attached hydrogen (secondary N) is 1. The first-order valence-electron chi connectivity index (χ1n) is 7.96. The second-order valence-corrected chi connectivity index (χ2v) is 5.62. The minimum absolute atomic E-state index is 0.320. The molecule has 5 heteroatoms. The van der Waals surface area contributed by atoms with Crippen molar-refractivity contribution in [2.75, 3.05) is 25.6 Å². The number of nitrogens with zero attached hydrogens (tertiary/aromatic N) is 2. The molecular formula is C19H21N3O2. The number of rotatable bonds is 3. The molecule has 2 aromatic rings. The van der Waals surface area contributed by atoms with Crippen LogP contribution in [0.5, 0.6) is 0 Å². The molecule has 0 atom stereocenters. The summed E-state index contributed by atoms with van der Waals surface area (Å²) < 4.78 is 4.71. The highest BCUT2D eigenvalue weighted by Crippen LogP contribution is 2.27. The maximum atomic E-state index is 11.5. The number of guanidine groups is 1. The van der Waals surface area contributed by atoms with Crippen LogP contribution in [0.25, 0.3) is 0 Å². The minimum atomic E-state index is -0.320. The summed E-state index contributed by atoms with van der Waals surface area (Å²) in [6.45, 7) is 1.58. The zero-order valence-electron chi connectivity index (χ0n) is 14.0. The predicted octanol–water partition coefficient (Wildman–Crippen LogP) is 2.61. The third-order valence-corrected chi connectivity index (χ3v) is 4.18. The van der Waals surface area contributed by atoms with Crippen LogP contribution in [0.3, 0.4) is 0 Å². The molecule has 0 saturated heterocycles. The van der Waals surface area contributed by atoms with Crippen LogP contribution in [0.2, 0.25) is 0 Å². The molecule has 0 aromatic heterocycles. The summed E-state index contributed by atoms with van der Waals surface area (Å²) in [5.74, 6) is 0.538. The number of anilines is 1. The molecule has 1 aliphatic rings. The molecule has 124 valence electrons. The molecule has 0 saturated carbocycles. The highest BCUT2D eigenvalue weighted by atomic mass is 16.5. The van der Waals surface area contributed by atoms with E-state index in [-0.39, 0.29) is 5.97 Å². The fourth-order valence-corrected chi connectivity index (χ4v) is 2.91. The number of hydrogen-bond acceptors (Lipinski definition) is 3. The van der Waals surface area contributed by atoms with Gasteiger partial charge in [-0.25, -0.2) is 4.79 Å². The molecule has 1 aliphatic heterocycles. The van der Waals surface area contributed by atoms with Crippen molar-refractivity contribution in [3.8, 4) is 0 Å². The summed E-state index contributed by atoms with van der Waals surface area (Å²) in [6.07, 6.45) is 1.03. The fraction of sp³-hybridized carbons (Fsp3) is 0.263. The normalized spacial score (nSPS) is 13.6. The van der Waals surface area contributed by atoms with E-state index in [0.717, 1.165) is 24.5 Å². The molecule has 0 radical (unpaired) electrons. The number of carbonyl (C=O) groups excluding carboxylic acids is 1. The number of benzene rings is 2.